The molecule has 1 aliphatic rings. The molecule has 4 rings (SSSR count). The average Bonchev–Trinajstić information content (AvgIpc) is 3.42. The fraction of sp³-hybridized carbons (Fsp3) is 0.379. The van der Waals surface area contributed by atoms with E-state index in [1.54, 1.807) is 6.92 Å². The number of hydrogen-bond acceptors (Lipinski definition) is 7. The predicted octanol–water partition coefficient (Wildman–Crippen LogP) is 6.56. The number of ether oxygens (including phenoxy) is 1. The molecule has 1 amide bonds. The zero-order valence-electron chi connectivity index (χ0n) is 23.7. The van der Waals surface area contributed by atoms with Crippen LogP contribution in [0.3, 0.4) is 0 Å². The van der Waals surface area contributed by atoms with Crippen LogP contribution in [0.5, 0.6) is 0 Å². The van der Waals surface area contributed by atoms with Gasteiger partial charge in [-0.2, -0.15) is 18.3 Å². The Balaban J connectivity index is 1.72. The minimum atomic E-state index is -5.11. The Kier molecular flexibility index (Phi) is 10.2. The summed E-state index contributed by atoms with van der Waals surface area (Å²) < 4.78 is 77.2. The van der Waals surface area contributed by atoms with Crippen LogP contribution >= 0.6 is 11.6 Å². The van der Waals surface area contributed by atoms with Gasteiger partial charge in [-0.1, -0.05) is 17.7 Å². The number of hydrogen-bond donors (Lipinski definition) is 0. The first kappa shape index (κ1) is 33.5. The third-order valence-corrected chi connectivity index (χ3v) is 7.66. The molecule has 0 radical (unpaired) electrons. The molecular weight excluding hydrogens is 631 g/mol. The van der Waals surface area contributed by atoms with E-state index < -0.39 is 88.0 Å². The summed E-state index contributed by atoms with van der Waals surface area (Å²) in [6, 6.07) is 4.72. The highest BCUT2D eigenvalue weighted by molar-refractivity contribution is 6.34. The number of carbonyl (C=O) groups excluding carboxylic acids is 3. The number of nitrogens with zero attached hydrogens (tertiary/aromatic N) is 4. The van der Waals surface area contributed by atoms with E-state index >= 15 is 0 Å². The average molecular weight is 657 g/mol. The Morgan fingerprint density at radius 3 is 2.33 bits per heavy atom. The number of nitro benzene ring substituents is 1. The van der Waals surface area contributed by atoms with Crippen molar-refractivity contribution < 1.29 is 46.0 Å². The van der Waals surface area contributed by atoms with Crippen molar-refractivity contribution in [3.8, 4) is 0 Å². The Bertz CT molecular complexity index is 1600. The van der Waals surface area contributed by atoms with Gasteiger partial charge in [0, 0.05) is 18.7 Å². The maximum atomic E-state index is 14.5. The maximum Gasteiger partial charge on any atom is 0.433 e. The molecule has 0 unspecified atom stereocenters. The number of benzene rings is 2. The molecule has 0 bridgehead atoms. The van der Waals surface area contributed by atoms with Crippen LogP contribution in [0.4, 0.5) is 27.6 Å². The molecule has 0 N–H and O–H groups in total. The molecule has 1 aromatic heterocycles. The summed E-state index contributed by atoms with van der Waals surface area (Å²) >= 11 is 6.05. The fourth-order valence-electron chi connectivity index (χ4n) is 5.38. The van der Waals surface area contributed by atoms with Crippen LogP contribution < -0.4 is 0 Å². The highest BCUT2D eigenvalue weighted by atomic mass is 35.5. The summed E-state index contributed by atoms with van der Waals surface area (Å²) in [5, 5.41) is 15.1. The van der Waals surface area contributed by atoms with Gasteiger partial charge in [-0.05, 0) is 56.4 Å². The zero-order chi connectivity index (χ0) is 33.1. The Labute approximate surface area is 257 Å². The van der Waals surface area contributed by atoms with E-state index in [-0.39, 0.29) is 42.9 Å². The number of Topliss-reactive ketones (excluding diaryl/α,β-unsaturated/α-hetero) is 1. The number of carbonyl (C=O) groups is 3. The van der Waals surface area contributed by atoms with Gasteiger partial charge in [0.05, 0.1) is 46.8 Å². The van der Waals surface area contributed by atoms with Crippen LogP contribution in [0.15, 0.2) is 42.6 Å². The van der Waals surface area contributed by atoms with Crippen molar-refractivity contribution in [1.29, 1.82) is 0 Å². The van der Waals surface area contributed by atoms with Gasteiger partial charge in [0.15, 0.2) is 11.5 Å². The van der Waals surface area contributed by atoms with E-state index in [1.807, 2.05) is 0 Å². The number of aromatic nitrogens is 2. The van der Waals surface area contributed by atoms with Crippen LogP contribution in [0.25, 0.3) is 0 Å². The van der Waals surface area contributed by atoms with E-state index in [9.17, 15) is 46.5 Å². The Hall–Kier alpha value is -4.40. The first-order chi connectivity index (χ1) is 21.2. The second kappa shape index (κ2) is 13.7. The lowest BCUT2D eigenvalue weighted by Crippen LogP contribution is -2.37. The van der Waals surface area contributed by atoms with Gasteiger partial charge in [0.2, 0.25) is 0 Å². The van der Waals surface area contributed by atoms with Gasteiger partial charge in [-0.15, -0.1) is 0 Å². The minimum Gasteiger partial charge on any atom is -0.466 e. The number of esters is 1. The standard InChI is InChI=1S/C29H26ClF5N4O6/c1-2-45-28(42)17-6-8-20(9-7-17)38-26(29(33,34)35)21(13-36-38)27(41)37(14-16-10-18(31)12-19(32)11-16)15-24(40)25-22(30)4-3-5-23(25)39(43)44/h3-5,10-13,17,20H,2,6-9,14-15H2,1H3. The van der Waals surface area contributed by atoms with Crippen molar-refractivity contribution in [3.63, 3.8) is 0 Å². The second-order valence-corrected chi connectivity index (χ2v) is 10.8. The molecule has 1 saturated carbocycles. The minimum absolute atomic E-state index is 0.128. The van der Waals surface area contributed by atoms with Crippen molar-refractivity contribution in [3.05, 3.63) is 91.8 Å². The number of alkyl halides is 3. The highest BCUT2D eigenvalue weighted by Crippen LogP contribution is 2.39. The van der Waals surface area contributed by atoms with Gasteiger partial charge in [0.1, 0.15) is 17.2 Å². The normalized spacial score (nSPS) is 16.7. The highest BCUT2D eigenvalue weighted by Gasteiger charge is 2.43. The quantitative estimate of drug-likeness (QED) is 0.0796. The zero-order valence-corrected chi connectivity index (χ0v) is 24.4. The first-order valence-corrected chi connectivity index (χ1v) is 14.1. The van der Waals surface area contributed by atoms with E-state index in [0.29, 0.717) is 21.8 Å². The fourth-order valence-corrected chi connectivity index (χ4v) is 5.66. The number of amides is 1. The van der Waals surface area contributed by atoms with Gasteiger partial charge in [0.25, 0.3) is 11.6 Å². The third kappa shape index (κ3) is 7.64. The monoisotopic (exact) mass is 656 g/mol. The van der Waals surface area contributed by atoms with Gasteiger partial charge in [-0.25, -0.2) is 8.78 Å². The van der Waals surface area contributed by atoms with Gasteiger partial charge in [-0.3, -0.25) is 29.2 Å². The topological polar surface area (TPSA) is 125 Å². The van der Waals surface area contributed by atoms with Crippen molar-refractivity contribution in [2.45, 2.75) is 51.4 Å². The van der Waals surface area contributed by atoms with Crippen molar-refractivity contribution in [1.82, 2.24) is 14.7 Å². The molecule has 0 aliphatic heterocycles. The SMILES string of the molecule is CCOC(=O)C1CCC(n2ncc(C(=O)N(CC(=O)c3c(Cl)cccc3[N+](=O)[O-])Cc3cc(F)cc(F)c3)c2C(F)(F)F)CC1. The lowest BCUT2D eigenvalue weighted by atomic mass is 9.86. The summed E-state index contributed by atoms with van der Waals surface area (Å²) in [6.07, 6.45) is -3.71. The molecule has 2 aromatic carbocycles. The van der Waals surface area contributed by atoms with E-state index in [2.05, 4.69) is 5.10 Å². The predicted molar refractivity (Wildman–Crippen MR) is 148 cm³/mol. The number of nitro groups is 1. The largest absolute Gasteiger partial charge is 0.466 e. The molecule has 0 saturated heterocycles. The number of rotatable bonds is 10. The molecular formula is C29H26ClF5N4O6. The molecule has 1 aliphatic carbocycles. The van der Waals surface area contributed by atoms with Crippen LogP contribution in [-0.2, 0) is 22.3 Å². The van der Waals surface area contributed by atoms with E-state index in [4.69, 9.17) is 16.3 Å². The van der Waals surface area contributed by atoms with Crippen molar-refractivity contribution >= 4 is 34.9 Å². The molecule has 1 heterocycles. The second-order valence-electron chi connectivity index (χ2n) is 10.4. The summed E-state index contributed by atoms with van der Waals surface area (Å²) in [4.78, 5) is 50.4. The van der Waals surface area contributed by atoms with Crippen molar-refractivity contribution in [2.24, 2.45) is 5.92 Å². The van der Waals surface area contributed by atoms with Gasteiger partial charge >= 0.3 is 12.1 Å². The molecule has 45 heavy (non-hydrogen) atoms. The van der Waals surface area contributed by atoms with E-state index in [1.165, 1.54) is 12.1 Å². The molecule has 0 atom stereocenters. The lowest BCUT2D eigenvalue weighted by molar-refractivity contribution is -0.385. The number of halogens is 6. The van der Waals surface area contributed by atoms with Crippen LogP contribution in [-0.4, -0.2) is 50.4 Å². The van der Waals surface area contributed by atoms with Crippen LogP contribution in [0, 0.1) is 27.7 Å². The summed E-state index contributed by atoms with van der Waals surface area (Å²) in [5.41, 5.74) is -3.89. The Morgan fingerprint density at radius 1 is 1.11 bits per heavy atom. The number of ketones is 1. The van der Waals surface area contributed by atoms with Crippen LogP contribution in [0.1, 0.15) is 70.6 Å². The first-order valence-electron chi connectivity index (χ1n) is 13.7. The molecule has 1 fully saturated rings. The third-order valence-electron chi connectivity index (χ3n) is 7.34. The van der Waals surface area contributed by atoms with Crippen molar-refractivity contribution in [2.75, 3.05) is 13.2 Å². The summed E-state index contributed by atoms with van der Waals surface area (Å²) in [6.45, 7) is 0.0186. The smallest absolute Gasteiger partial charge is 0.433 e. The molecule has 16 heteroatoms. The maximum absolute atomic E-state index is 14.5. The van der Waals surface area contributed by atoms with Crippen LogP contribution in [0.2, 0.25) is 5.02 Å². The molecule has 240 valence electrons. The summed E-state index contributed by atoms with van der Waals surface area (Å²) in [7, 11) is 0. The molecule has 3 aromatic rings. The van der Waals surface area contributed by atoms with E-state index in [0.717, 1.165) is 18.2 Å². The summed E-state index contributed by atoms with van der Waals surface area (Å²) in [5.74, 6) is -5.51. The molecule has 10 nitrogen and oxygen atoms in total. The van der Waals surface area contributed by atoms with Gasteiger partial charge < -0.3 is 9.64 Å². The lowest BCUT2D eigenvalue weighted by Gasteiger charge is -2.29. The Morgan fingerprint density at radius 2 is 1.76 bits per heavy atom. The molecule has 0 spiro atoms.